The zero-order chi connectivity index (χ0) is 22.8. The van der Waals surface area contributed by atoms with Gasteiger partial charge in [-0.1, -0.05) is 30.3 Å². The van der Waals surface area contributed by atoms with Crippen LogP contribution in [-0.2, 0) is 13.0 Å². The molecule has 2 heterocycles. The molecule has 0 fully saturated rings. The lowest BCUT2D eigenvalue weighted by atomic mass is 10.1. The number of hydrogen-bond donors (Lipinski definition) is 1. The third-order valence-corrected chi connectivity index (χ3v) is 5.51. The molecule has 0 amide bonds. The molecular weight excluding hydrogens is 421 g/mol. The first-order chi connectivity index (χ1) is 16.1. The van der Waals surface area contributed by atoms with Gasteiger partial charge in [-0.3, -0.25) is 0 Å². The SMILES string of the molecule is COc1ccc(Cn2c(Cc3ccccc3)nnc2-c2nc3ccc(F)cc3[nH]2)c(OC)c1. The van der Waals surface area contributed by atoms with Crippen LogP contribution >= 0.6 is 0 Å². The Morgan fingerprint density at radius 2 is 1.79 bits per heavy atom. The largest absolute Gasteiger partial charge is 0.497 e. The maximum Gasteiger partial charge on any atom is 0.200 e. The molecule has 7 nitrogen and oxygen atoms in total. The number of aromatic amines is 1. The summed E-state index contributed by atoms with van der Waals surface area (Å²) in [4.78, 5) is 7.80. The van der Waals surface area contributed by atoms with E-state index in [0.717, 1.165) is 17.0 Å². The van der Waals surface area contributed by atoms with Crippen LogP contribution in [0.5, 0.6) is 11.5 Å². The fraction of sp³-hybridized carbons (Fsp3) is 0.160. The van der Waals surface area contributed by atoms with Crippen molar-refractivity contribution >= 4 is 11.0 Å². The third kappa shape index (κ3) is 4.15. The first-order valence-electron chi connectivity index (χ1n) is 10.5. The molecule has 5 rings (SSSR count). The summed E-state index contributed by atoms with van der Waals surface area (Å²) in [5, 5.41) is 8.92. The zero-order valence-electron chi connectivity index (χ0n) is 18.2. The van der Waals surface area contributed by atoms with Gasteiger partial charge in [0.1, 0.15) is 23.1 Å². The maximum atomic E-state index is 13.7. The minimum atomic E-state index is -0.327. The standard InChI is InChI=1S/C25H22FN5O2/c1-32-19-10-8-17(22(14-19)33-2)15-31-23(12-16-6-4-3-5-7-16)29-30-25(31)24-27-20-11-9-18(26)13-21(20)28-24/h3-11,13-14H,12,15H2,1-2H3,(H,27,28). The van der Waals surface area contributed by atoms with Gasteiger partial charge < -0.3 is 19.0 Å². The normalized spacial score (nSPS) is 11.1. The molecule has 0 saturated carbocycles. The summed E-state index contributed by atoms with van der Waals surface area (Å²) >= 11 is 0. The molecular formula is C25H22FN5O2. The number of fused-ring (bicyclic) bond motifs is 1. The lowest BCUT2D eigenvalue weighted by molar-refractivity contribution is 0.390. The first-order valence-corrected chi connectivity index (χ1v) is 10.5. The Hall–Kier alpha value is -4.20. The first kappa shape index (κ1) is 20.7. The van der Waals surface area contributed by atoms with Crippen molar-refractivity contribution in [2.45, 2.75) is 13.0 Å². The Morgan fingerprint density at radius 3 is 2.58 bits per heavy atom. The summed E-state index contributed by atoms with van der Waals surface area (Å²) in [7, 11) is 3.25. The molecule has 0 aliphatic carbocycles. The van der Waals surface area contributed by atoms with Crippen LogP contribution in [0.15, 0.2) is 66.7 Å². The van der Waals surface area contributed by atoms with E-state index < -0.39 is 0 Å². The number of imidazole rings is 1. The summed E-state index contributed by atoms with van der Waals surface area (Å²) in [6.45, 7) is 0.461. The summed E-state index contributed by atoms with van der Waals surface area (Å²) in [6, 6.07) is 20.2. The van der Waals surface area contributed by atoms with Crippen molar-refractivity contribution in [3.63, 3.8) is 0 Å². The Bertz CT molecular complexity index is 1410. The van der Waals surface area contributed by atoms with Crippen LogP contribution in [0.1, 0.15) is 17.0 Å². The number of rotatable bonds is 7. The molecule has 3 aromatic carbocycles. The molecule has 0 unspecified atom stereocenters. The summed E-state index contributed by atoms with van der Waals surface area (Å²) in [6.07, 6.45) is 0.598. The molecule has 0 bridgehead atoms. The van der Waals surface area contributed by atoms with Crippen molar-refractivity contribution in [3.8, 4) is 23.1 Å². The van der Waals surface area contributed by atoms with Crippen molar-refractivity contribution in [1.29, 1.82) is 0 Å². The van der Waals surface area contributed by atoms with E-state index in [4.69, 9.17) is 9.47 Å². The maximum absolute atomic E-state index is 13.7. The second-order valence-corrected chi connectivity index (χ2v) is 7.61. The highest BCUT2D eigenvalue weighted by Crippen LogP contribution is 2.28. The number of nitrogens with zero attached hydrogens (tertiary/aromatic N) is 4. The Balaban J connectivity index is 1.60. The molecule has 8 heteroatoms. The highest BCUT2D eigenvalue weighted by atomic mass is 19.1. The fourth-order valence-corrected chi connectivity index (χ4v) is 3.83. The Kier molecular flexibility index (Phi) is 5.48. The molecule has 0 atom stereocenters. The molecule has 1 N–H and O–H groups in total. The van der Waals surface area contributed by atoms with Crippen LogP contribution in [0.3, 0.4) is 0 Å². The predicted octanol–water partition coefficient (Wildman–Crippen LogP) is 4.62. The molecule has 0 aliphatic rings. The lowest BCUT2D eigenvalue weighted by Gasteiger charge is -2.14. The smallest absolute Gasteiger partial charge is 0.200 e. The minimum Gasteiger partial charge on any atom is -0.497 e. The van der Waals surface area contributed by atoms with E-state index in [1.54, 1.807) is 20.3 Å². The zero-order valence-corrected chi connectivity index (χ0v) is 18.2. The Morgan fingerprint density at radius 1 is 0.939 bits per heavy atom. The lowest BCUT2D eigenvalue weighted by Crippen LogP contribution is -2.09. The van der Waals surface area contributed by atoms with E-state index in [0.29, 0.717) is 47.1 Å². The number of aromatic nitrogens is 5. The predicted molar refractivity (Wildman–Crippen MR) is 123 cm³/mol. The summed E-state index contributed by atoms with van der Waals surface area (Å²) in [5.74, 6) is 2.95. The van der Waals surface area contributed by atoms with Gasteiger partial charge in [0.2, 0.25) is 0 Å². The average molecular weight is 443 g/mol. The van der Waals surface area contributed by atoms with Gasteiger partial charge in [-0.2, -0.15) is 0 Å². The van der Waals surface area contributed by atoms with Crippen molar-refractivity contribution in [1.82, 2.24) is 24.7 Å². The number of ether oxygens (including phenoxy) is 2. The van der Waals surface area contributed by atoms with Gasteiger partial charge in [-0.05, 0) is 35.9 Å². The molecule has 0 saturated heterocycles. The van der Waals surface area contributed by atoms with E-state index in [2.05, 4.69) is 32.3 Å². The van der Waals surface area contributed by atoms with Crippen molar-refractivity contribution in [2.75, 3.05) is 14.2 Å². The molecule has 2 aromatic heterocycles. The van der Waals surface area contributed by atoms with Crippen LogP contribution in [0.4, 0.5) is 4.39 Å². The average Bonchev–Trinajstić information content (AvgIpc) is 3.43. The van der Waals surface area contributed by atoms with Gasteiger partial charge in [-0.25, -0.2) is 9.37 Å². The summed E-state index contributed by atoms with van der Waals surface area (Å²) < 4.78 is 26.6. The topological polar surface area (TPSA) is 77.9 Å². The monoisotopic (exact) mass is 443 g/mol. The van der Waals surface area contributed by atoms with Gasteiger partial charge in [-0.15, -0.1) is 10.2 Å². The molecule has 33 heavy (non-hydrogen) atoms. The Labute approximate surface area is 189 Å². The number of H-pyrrole nitrogens is 1. The fourth-order valence-electron chi connectivity index (χ4n) is 3.83. The van der Waals surface area contributed by atoms with Crippen LogP contribution in [0.2, 0.25) is 0 Å². The van der Waals surface area contributed by atoms with E-state index >= 15 is 0 Å². The van der Waals surface area contributed by atoms with Crippen LogP contribution in [0.25, 0.3) is 22.7 Å². The second kappa shape index (κ2) is 8.74. The van der Waals surface area contributed by atoms with E-state index in [9.17, 15) is 4.39 Å². The number of methoxy groups -OCH3 is 2. The van der Waals surface area contributed by atoms with Gasteiger partial charge in [0, 0.05) is 18.1 Å². The molecule has 0 radical (unpaired) electrons. The minimum absolute atomic E-state index is 0.327. The molecule has 0 spiro atoms. The van der Waals surface area contributed by atoms with Crippen molar-refractivity contribution in [2.24, 2.45) is 0 Å². The van der Waals surface area contributed by atoms with Crippen molar-refractivity contribution in [3.05, 3.63) is 89.5 Å². The molecule has 0 aliphatic heterocycles. The van der Waals surface area contributed by atoms with Gasteiger partial charge in [0.25, 0.3) is 0 Å². The van der Waals surface area contributed by atoms with Gasteiger partial charge in [0.15, 0.2) is 11.6 Å². The number of nitrogens with one attached hydrogen (secondary N) is 1. The van der Waals surface area contributed by atoms with Crippen LogP contribution < -0.4 is 9.47 Å². The van der Waals surface area contributed by atoms with E-state index in [1.165, 1.54) is 12.1 Å². The molecule has 5 aromatic rings. The van der Waals surface area contributed by atoms with Gasteiger partial charge in [0.05, 0.1) is 31.8 Å². The third-order valence-electron chi connectivity index (χ3n) is 5.51. The van der Waals surface area contributed by atoms with Crippen LogP contribution in [-0.4, -0.2) is 39.0 Å². The van der Waals surface area contributed by atoms with Gasteiger partial charge >= 0.3 is 0 Å². The number of halogens is 1. The highest BCUT2D eigenvalue weighted by molar-refractivity contribution is 5.78. The second-order valence-electron chi connectivity index (χ2n) is 7.61. The number of benzene rings is 3. The quantitative estimate of drug-likeness (QED) is 0.397. The highest BCUT2D eigenvalue weighted by Gasteiger charge is 2.19. The molecule has 166 valence electrons. The number of hydrogen-bond acceptors (Lipinski definition) is 5. The van der Waals surface area contributed by atoms with E-state index in [-0.39, 0.29) is 5.82 Å². The summed E-state index contributed by atoms with van der Waals surface area (Å²) in [5.41, 5.74) is 3.32. The van der Waals surface area contributed by atoms with Crippen LogP contribution in [0, 0.1) is 5.82 Å². The van der Waals surface area contributed by atoms with E-state index in [1.807, 2.05) is 41.0 Å². The van der Waals surface area contributed by atoms with Crippen molar-refractivity contribution < 1.29 is 13.9 Å².